The number of carbonyl (C=O) groups is 2. The second-order valence-corrected chi connectivity index (χ2v) is 6.98. The van der Waals surface area contributed by atoms with E-state index in [-0.39, 0.29) is 11.8 Å². The van der Waals surface area contributed by atoms with E-state index in [9.17, 15) is 9.59 Å². The molecule has 0 aliphatic carbocycles. The predicted octanol–water partition coefficient (Wildman–Crippen LogP) is 2.92. The number of carbonyl (C=O) groups excluding carboxylic acids is 2. The first kappa shape index (κ1) is 18.0. The highest BCUT2D eigenvalue weighted by Gasteiger charge is 2.40. The Hall–Kier alpha value is -1.03. The highest BCUT2D eigenvalue weighted by atomic mass is 35.5. The van der Waals surface area contributed by atoms with Crippen molar-refractivity contribution in [2.45, 2.75) is 59.5 Å². The molecule has 1 heterocycles. The van der Waals surface area contributed by atoms with Crippen molar-refractivity contribution in [2.75, 3.05) is 6.54 Å². The molecule has 0 spiro atoms. The normalized spacial score (nSPS) is 24.0. The Balaban J connectivity index is 2.98. The van der Waals surface area contributed by atoms with Crippen LogP contribution in [-0.2, 0) is 9.59 Å². The molecule has 0 aromatic rings. The van der Waals surface area contributed by atoms with Crippen molar-refractivity contribution >= 4 is 23.4 Å². The number of hydrogen-bond acceptors (Lipinski definition) is 2. The molecule has 1 rings (SSSR count). The maximum Gasteiger partial charge on any atom is 0.246 e. The fourth-order valence-electron chi connectivity index (χ4n) is 2.63. The molecule has 0 aromatic heterocycles. The van der Waals surface area contributed by atoms with Crippen molar-refractivity contribution < 1.29 is 9.59 Å². The summed E-state index contributed by atoms with van der Waals surface area (Å²) in [5.74, 6) is 0.661. The molecule has 5 heteroatoms. The van der Waals surface area contributed by atoms with Gasteiger partial charge in [0.1, 0.15) is 12.1 Å². The van der Waals surface area contributed by atoms with Gasteiger partial charge in [-0.15, -0.1) is 0 Å². The number of nitrogens with zero attached hydrogens (tertiary/aromatic N) is 1. The summed E-state index contributed by atoms with van der Waals surface area (Å²) in [7, 11) is 0. The maximum atomic E-state index is 12.7. The molecule has 1 N–H and O–H groups in total. The lowest BCUT2D eigenvalue weighted by Crippen LogP contribution is -2.64. The number of nitrogens with one attached hydrogen (secondary N) is 1. The van der Waals surface area contributed by atoms with Gasteiger partial charge in [0.2, 0.25) is 11.8 Å². The number of piperazine rings is 1. The topological polar surface area (TPSA) is 49.4 Å². The SMILES string of the molecule is CC(=CCl)CN1C(=O)C(CC(C)C)NC(=O)C1CC(C)C. The summed E-state index contributed by atoms with van der Waals surface area (Å²) < 4.78 is 0. The Morgan fingerprint density at radius 1 is 1.24 bits per heavy atom. The van der Waals surface area contributed by atoms with Crippen LogP contribution in [0, 0.1) is 11.8 Å². The van der Waals surface area contributed by atoms with Gasteiger partial charge in [0.15, 0.2) is 0 Å². The minimum absolute atomic E-state index is 0.00631. The first-order chi connectivity index (χ1) is 9.76. The predicted molar refractivity (Wildman–Crippen MR) is 86.0 cm³/mol. The van der Waals surface area contributed by atoms with Crippen LogP contribution < -0.4 is 5.32 Å². The van der Waals surface area contributed by atoms with Crippen molar-refractivity contribution in [3.05, 3.63) is 11.1 Å². The summed E-state index contributed by atoms with van der Waals surface area (Å²) in [5.41, 5.74) is 2.36. The molecule has 120 valence electrons. The standard InChI is InChI=1S/C16H27ClN2O2/c1-10(2)6-13-16(21)19(9-12(5)8-17)14(7-11(3)4)15(20)18-13/h8,10-11,13-14H,6-7,9H2,1-5H3,(H,18,20). The number of amides is 2. The van der Waals surface area contributed by atoms with Gasteiger partial charge in [0.25, 0.3) is 0 Å². The number of rotatable bonds is 6. The second kappa shape index (κ2) is 7.83. The van der Waals surface area contributed by atoms with E-state index in [0.717, 1.165) is 5.57 Å². The summed E-state index contributed by atoms with van der Waals surface area (Å²) in [6.07, 6.45) is 1.33. The molecule has 2 unspecified atom stereocenters. The van der Waals surface area contributed by atoms with Crippen LogP contribution in [0.5, 0.6) is 0 Å². The van der Waals surface area contributed by atoms with Gasteiger partial charge in [0, 0.05) is 12.1 Å². The summed E-state index contributed by atoms with van der Waals surface area (Å²) in [6, 6.07) is -0.809. The van der Waals surface area contributed by atoms with Crippen LogP contribution in [-0.4, -0.2) is 35.3 Å². The van der Waals surface area contributed by atoms with Crippen molar-refractivity contribution in [2.24, 2.45) is 11.8 Å². The maximum absolute atomic E-state index is 12.7. The number of hydrogen-bond donors (Lipinski definition) is 1. The van der Waals surface area contributed by atoms with Gasteiger partial charge in [-0.3, -0.25) is 9.59 Å². The van der Waals surface area contributed by atoms with Crippen LogP contribution in [0.2, 0.25) is 0 Å². The molecule has 2 amide bonds. The summed E-state index contributed by atoms with van der Waals surface area (Å²) in [5, 5.41) is 2.89. The van der Waals surface area contributed by atoms with Crippen LogP contribution >= 0.6 is 11.6 Å². The summed E-state index contributed by atoms with van der Waals surface area (Å²) in [6.45, 7) is 10.5. The Bertz CT molecular complexity index is 419. The zero-order valence-corrected chi connectivity index (χ0v) is 14.4. The fraction of sp³-hybridized carbons (Fsp3) is 0.750. The molecule has 1 saturated heterocycles. The van der Waals surface area contributed by atoms with Gasteiger partial charge >= 0.3 is 0 Å². The molecule has 2 atom stereocenters. The fourth-order valence-corrected chi connectivity index (χ4v) is 2.70. The quantitative estimate of drug-likeness (QED) is 0.819. The monoisotopic (exact) mass is 314 g/mol. The lowest BCUT2D eigenvalue weighted by Gasteiger charge is -2.40. The molecule has 0 saturated carbocycles. The summed E-state index contributed by atoms with van der Waals surface area (Å²) >= 11 is 5.73. The lowest BCUT2D eigenvalue weighted by molar-refractivity contribution is -0.149. The van der Waals surface area contributed by atoms with E-state index in [2.05, 4.69) is 19.2 Å². The lowest BCUT2D eigenvalue weighted by atomic mass is 9.94. The molecule has 1 aliphatic heterocycles. The Labute approximate surface area is 132 Å². The average molecular weight is 315 g/mol. The van der Waals surface area contributed by atoms with Gasteiger partial charge in [-0.1, -0.05) is 39.3 Å². The molecular formula is C16H27ClN2O2. The average Bonchev–Trinajstić information content (AvgIpc) is 2.38. The van der Waals surface area contributed by atoms with Crippen LogP contribution in [0.3, 0.4) is 0 Å². The molecule has 1 aliphatic rings. The Morgan fingerprint density at radius 2 is 1.81 bits per heavy atom. The van der Waals surface area contributed by atoms with Gasteiger partial charge in [-0.05, 0) is 37.2 Å². The third-order valence-corrected chi connectivity index (χ3v) is 3.96. The second-order valence-electron chi connectivity index (χ2n) is 6.76. The van der Waals surface area contributed by atoms with Crippen LogP contribution in [0.4, 0.5) is 0 Å². The Kier molecular flexibility index (Phi) is 6.72. The van der Waals surface area contributed by atoms with E-state index in [1.165, 1.54) is 5.54 Å². The minimum atomic E-state index is -0.413. The molecular weight excluding hydrogens is 288 g/mol. The highest BCUT2D eigenvalue weighted by molar-refractivity contribution is 6.25. The Morgan fingerprint density at radius 3 is 2.29 bits per heavy atom. The van der Waals surface area contributed by atoms with Crippen LogP contribution in [0.1, 0.15) is 47.5 Å². The molecule has 0 radical (unpaired) electrons. The smallest absolute Gasteiger partial charge is 0.246 e. The van der Waals surface area contributed by atoms with Crippen LogP contribution in [0.15, 0.2) is 11.1 Å². The molecule has 0 bridgehead atoms. The van der Waals surface area contributed by atoms with Gasteiger partial charge in [-0.2, -0.15) is 0 Å². The minimum Gasteiger partial charge on any atom is -0.342 e. The summed E-state index contributed by atoms with van der Waals surface area (Å²) in [4.78, 5) is 26.8. The third-order valence-electron chi connectivity index (χ3n) is 3.58. The zero-order chi connectivity index (χ0) is 16.2. The van der Waals surface area contributed by atoms with Gasteiger partial charge in [-0.25, -0.2) is 0 Å². The number of halogens is 1. The van der Waals surface area contributed by atoms with Crippen molar-refractivity contribution in [1.82, 2.24) is 10.2 Å². The van der Waals surface area contributed by atoms with E-state index in [1.54, 1.807) is 4.90 Å². The van der Waals surface area contributed by atoms with Crippen LogP contribution in [0.25, 0.3) is 0 Å². The largest absolute Gasteiger partial charge is 0.342 e. The van der Waals surface area contributed by atoms with Crippen molar-refractivity contribution in [1.29, 1.82) is 0 Å². The van der Waals surface area contributed by atoms with E-state index < -0.39 is 12.1 Å². The molecule has 4 nitrogen and oxygen atoms in total. The van der Waals surface area contributed by atoms with E-state index in [0.29, 0.717) is 31.2 Å². The first-order valence-corrected chi connectivity index (χ1v) is 8.06. The van der Waals surface area contributed by atoms with Crippen molar-refractivity contribution in [3.8, 4) is 0 Å². The van der Waals surface area contributed by atoms with Crippen molar-refractivity contribution in [3.63, 3.8) is 0 Å². The molecule has 1 fully saturated rings. The molecule has 0 aromatic carbocycles. The van der Waals surface area contributed by atoms with Gasteiger partial charge < -0.3 is 10.2 Å². The van der Waals surface area contributed by atoms with E-state index >= 15 is 0 Å². The first-order valence-electron chi connectivity index (χ1n) is 7.63. The van der Waals surface area contributed by atoms with E-state index in [1.807, 2.05) is 20.8 Å². The zero-order valence-electron chi connectivity index (χ0n) is 13.6. The molecule has 21 heavy (non-hydrogen) atoms. The third kappa shape index (κ3) is 5.03. The highest BCUT2D eigenvalue weighted by Crippen LogP contribution is 2.21. The van der Waals surface area contributed by atoms with Gasteiger partial charge in [0.05, 0.1) is 0 Å². The van der Waals surface area contributed by atoms with E-state index in [4.69, 9.17) is 11.6 Å².